The fourth-order valence-corrected chi connectivity index (χ4v) is 1.19. The van der Waals surface area contributed by atoms with Crippen LogP contribution in [0.1, 0.15) is 13.8 Å². The summed E-state index contributed by atoms with van der Waals surface area (Å²) >= 11 is 0. The Hall–Kier alpha value is -1.04. The maximum atomic E-state index is 11.2. The minimum atomic E-state index is -3.26. The van der Waals surface area contributed by atoms with E-state index in [1.807, 2.05) is 0 Å². The molecule has 68 valence electrons. The summed E-state index contributed by atoms with van der Waals surface area (Å²) in [4.78, 5) is 6.38. The van der Waals surface area contributed by atoms with Crippen LogP contribution in [0.25, 0.3) is 0 Å². The summed E-state index contributed by atoms with van der Waals surface area (Å²) in [6, 6.07) is 0. The maximum absolute atomic E-state index is 11.2. The third kappa shape index (κ3) is 1.97. The Balaban J connectivity index is 2.77. The molecule has 0 aliphatic carbocycles. The highest BCUT2D eigenvalue weighted by atomic mass is 32.2. The van der Waals surface area contributed by atoms with Gasteiger partial charge >= 0.3 is 0 Å². The van der Waals surface area contributed by atoms with Gasteiger partial charge in [0.2, 0.25) is 16.0 Å². The van der Waals surface area contributed by atoms with Crippen LogP contribution < -0.4 is 4.72 Å². The summed E-state index contributed by atoms with van der Waals surface area (Å²) in [7, 11) is -3.26. The Kier molecular flexibility index (Phi) is 2.37. The number of H-pyrrole nitrogens is 1. The van der Waals surface area contributed by atoms with Crippen molar-refractivity contribution in [2.45, 2.75) is 19.1 Å². The van der Waals surface area contributed by atoms with Crippen molar-refractivity contribution in [3.8, 4) is 0 Å². The predicted molar refractivity (Wildman–Crippen MR) is 46.3 cm³/mol. The zero-order chi connectivity index (χ0) is 9.19. The van der Waals surface area contributed by atoms with E-state index in [0.29, 0.717) is 0 Å². The lowest BCUT2D eigenvalue weighted by Gasteiger charge is -2.07. The van der Waals surface area contributed by atoms with Gasteiger partial charge in [-0.3, -0.25) is 4.72 Å². The van der Waals surface area contributed by atoms with Crippen molar-refractivity contribution < 1.29 is 8.42 Å². The molecule has 0 spiro atoms. The van der Waals surface area contributed by atoms with Crippen molar-refractivity contribution in [1.82, 2.24) is 9.97 Å². The van der Waals surface area contributed by atoms with Crippen LogP contribution in [0.2, 0.25) is 0 Å². The van der Waals surface area contributed by atoms with Crippen molar-refractivity contribution in [2.24, 2.45) is 0 Å². The highest BCUT2D eigenvalue weighted by molar-refractivity contribution is 7.93. The average Bonchev–Trinajstić information content (AvgIpc) is 2.38. The van der Waals surface area contributed by atoms with Crippen molar-refractivity contribution in [2.75, 3.05) is 4.72 Å². The molecule has 1 heterocycles. The molecule has 6 heteroatoms. The molecule has 5 nitrogen and oxygen atoms in total. The third-order valence-corrected chi connectivity index (χ3v) is 3.08. The number of nitrogens with one attached hydrogen (secondary N) is 2. The van der Waals surface area contributed by atoms with Crippen LogP contribution in [0.3, 0.4) is 0 Å². The molecule has 12 heavy (non-hydrogen) atoms. The molecule has 0 amide bonds. The van der Waals surface area contributed by atoms with Crippen molar-refractivity contribution in [3.05, 3.63) is 12.4 Å². The van der Waals surface area contributed by atoms with E-state index in [2.05, 4.69) is 14.7 Å². The van der Waals surface area contributed by atoms with Gasteiger partial charge in [0.05, 0.1) is 5.25 Å². The molecule has 1 rings (SSSR count). The highest BCUT2D eigenvalue weighted by Crippen LogP contribution is 2.04. The first kappa shape index (κ1) is 9.05. The number of aromatic amines is 1. The van der Waals surface area contributed by atoms with Crippen LogP contribution in [0.5, 0.6) is 0 Å². The topological polar surface area (TPSA) is 74.8 Å². The van der Waals surface area contributed by atoms with E-state index < -0.39 is 15.3 Å². The number of aromatic nitrogens is 2. The van der Waals surface area contributed by atoms with Crippen molar-refractivity contribution in [3.63, 3.8) is 0 Å². The smallest absolute Gasteiger partial charge is 0.237 e. The van der Waals surface area contributed by atoms with Gasteiger partial charge in [-0.2, -0.15) is 0 Å². The van der Waals surface area contributed by atoms with Crippen molar-refractivity contribution >= 4 is 16.0 Å². The van der Waals surface area contributed by atoms with Gasteiger partial charge in [0, 0.05) is 12.4 Å². The average molecular weight is 189 g/mol. The van der Waals surface area contributed by atoms with E-state index in [9.17, 15) is 8.42 Å². The van der Waals surface area contributed by atoms with Gasteiger partial charge in [-0.1, -0.05) is 0 Å². The third-order valence-electron chi connectivity index (χ3n) is 1.36. The van der Waals surface area contributed by atoms with E-state index >= 15 is 0 Å². The maximum Gasteiger partial charge on any atom is 0.237 e. The quantitative estimate of drug-likeness (QED) is 0.729. The van der Waals surface area contributed by atoms with E-state index in [1.54, 1.807) is 20.0 Å². The number of anilines is 1. The molecule has 0 saturated heterocycles. The monoisotopic (exact) mass is 189 g/mol. The van der Waals surface area contributed by atoms with Crippen LogP contribution in [-0.2, 0) is 10.0 Å². The van der Waals surface area contributed by atoms with Gasteiger partial charge in [-0.05, 0) is 13.8 Å². The van der Waals surface area contributed by atoms with Crippen molar-refractivity contribution in [1.29, 1.82) is 0 Å². The molecule has 0 radical (unpaired) electrons. The van der Waals surface area contributed by atoms with Crippen LogP contribution >= 0.6 is 0 Å². The Morgan fingerprint density at radius 3 is 2.67 bits per heavy atom. The Bertz CT molecular complexity index is 328. The fraction of sp³-hybridized carbons (Fsp3) is 0.500. The van der Waals surface area contributed by atoms with Gasteiger partial charge in [-0.15, -0.1) is 0 Å². The number of hydrogen-bond acceptors (Lipinski definition) is 3. The molecule has 0 saturated carbocycles. The molecule has 0 bridgehead atoms. The molecule has 0 aliphatic heterocycles. The minimum absolute atomic E-state index is 0.253. The molecule has 0 aromatic carbocycles. The highest BCUT2D eigenvalue weighted by Gasteiger charge is 2.15. The minimum Gasteiger partial charge on any atom is -0.330 e. The van der Waals surface area contributed by atoms with Crippen LogP contribution in [0.4, 0.5) is 5.95 Å². The standard InChI is InChI=1S/C6H11N3O2S/c1-5(2)12(10,11)9-6-7-3-4-8-6/h3-5H,1-2H3,(H2,7,8,9). The Labute approximate surface area is 71.3 Å². The lowest BCUT2D eigenvalue weighted by Crippen LogP contribution is -2.23. The number of hydrogen-bond donors (Lipinski definition) is 2. The lowest BCUT2D eigenvalue weighted by molar-refractivity contribution is 0.592. The van der Waals surface area contributed by atoms with Crippen LogP contribution in [-0.4, -0.2) is 23.6 Å². The lowest BCUT2D eigenvalue weighted by atomic mass is 10.6. The number of imidazole rings is 1. The zero-order valence-corrected chi connectivity index (χ0v) is 7.72. The summed E-state index contributed by atoms with van der Waals surface area (Å²) in [6.45, 7) is 3.20. The van der Waals surface area contributed by atoms with E-state index in [-0.39, 0.29) is 5.95 Å². The first-order valence-electron chi connectivity index (χ1n) is 3.53. The molecule has 0 aliphatic rings. The molecule has 1 aromatic rings. The van der Waals surface area contributed by atoms with Gasteiger partial charge in [-0.25, -0.2) is 13.4 Å². The summed E-state index contributed by atoms with van der Waals surface area (Å²) < 4.78 is 24.8. The predicted octanol–water partition coefficient (Wildman–Crippen LogP) is 0.560. The SMILES string of the molecule is CC(C)S(=O)(=O)Nc1ncc[nH]1. The second-order valence-electron chi connectivity index (χ2n) is 2.63. The van der Waals surface area contributed by atoms with Gasteiger partial charge in [0.25, 0.3) is 0 Å². The van der Waals surface area contributed by atoms with Gasteiger partial charge < -0.3 is 4.98 Å². The van der Waals surface area contributed by atoms with Crippen LogP contribution in [0, 0.1) is 0 Å². The second-order valence-corrected chi connectivity index (χ2v) is 4.87. The normalized spacial score (nSPS) is 11.9. The first-order chi connectivity index (χ1) is 5.52. The molecule has 1 aromatic heterocycles. The van der Waals surface area contributed by atoms with Gasteiger partial charge in [0.15, 0.2) is 0 Å². The number of nitrogens with zero attached hydrogens (tertiary/aromatic N) is 1. The molecule has 0 atom stereocenters. The van der Waals surface area contributed by atoms with E-state index in [0.717, 1.165) is 0 Å². The molecule has 2 N–H and O–H groups in total. The molecule has 0 unspecified atom stereocenters. The summed E-state index contributed by atoms with van der Waals surface area (Å²) in [6.07, 6.45) is 3.04. The Morgan fingerprint density at radius 1 is 1.58 bits per heavy atom. The van der Waals surface area contributed by atoms with Gasteiger partial charge in [0.1, 0.15) is 0 Å². The summed E-state index contributed by atoms with van der Waals surface area (Å²) in [5.41, 5.74) is 0. The largest absolute Gasteiger partial charge is 0.330 e. The summed E-state index contributed by atoms with van der Waals surface area (Å²) in [5, 5.41) is -0.456. The number of sulfonamides is 1. The zero-order valence-electron chi connectivity index (χ0n) is 6.90. The molecular formula is C6H11N3O2S. The van der Waals surface area contributed by atoms with E-state index in [4.69, 9.17) is 0 Å². The molecular weight excluding hydrogens is 178 g/mol. The second kappa shape index (κ2) is 3.14. The van der Waals surface area contributed by atoms with Crippen LogP contribution in [0.15, 0.2) is 12.4 Å². The fourth-order valence-electron chi connectivity index (χ4n) is 0.574. The Morgan fingerprint density at radius 2 is 2.25 bits per heavy atom. The molecule has 0 fully saturated rings. The number of rotatable bonds is 3. The van der Waals surface area contributed by atoms with E-state index in [1.165, 1.54) is 6.20 Å². The first-order valence-corrected chi connectivity index (χ1v) is 5.08. The summed E-state index contributed by atoms with van der Waals surface area (Å²) in [5.74, 6) is 0.253.